The van der Waals surface area contributed by atoms with Crippen LogP contribution in [0.1, 0.15) is 137 Å². The molecule has 11 heteroatoms. The van der Waals surface area contributed by atoms with Crippen molar-refractivity contribution in [2.24, 2.45) is 11.8 Å². The third-order valence-electron chi connectivity index (χ3n) is 12.2. The van der Waals surface area contributed by atoms with Gasteiger partial charge in [-0.15, -0.1) is 0 Å². The molecule has 1 amide bonds. The summed E-state index contributed by atoms with van der Waals surface area (Å²) < 4.78 is 29.3. The molecule has 1 aliphatic heterocycles. The standard InChI is InChI=1S/C36H59FN4O4Si2/c1-19(2)46(20(3)4,21(5)6)44-33-29-30(34(32-31(33)38-40-39-32)45-47(22(7)8,23(9)10)24(11)12)36(43)41(35(29)42)28-15-13-14-25-18-26(37)16-17-27(25)28/h16-24,28-30,33-35,42H,13-15H2,1-12H3,(H,38,39,40). The monoisotopic (exact) mass is 686 g/mol. The Bertz CT molecular complexity index is 1390. The summed E-state index contributed by atoms with van der Waals surface area (Å²) in [6, 6.07) is 4.49. The summed E-state index contributed by atoms with van der Waals surface area (Å²) in [4.78, 5) is 16.8. The molecule has 1 fully saturated rings. The highest BCUT2D eigenvalue weighted by atomic mass is 28.4. The van der Waals surface area contributed by atoms with Gasteiger partial charge in [-0.25, -0.2) is 4.39 Å². The SMILES string of the molecule is CC(C)[Si](OC1c2n[nH]nc2C(O[Si](C(C)C)(C(C)C)C(C)C)C2C1C(=O)N(C1CCCc3cc(F)ccc31)C2O)(C(C)C)C(C)C. The van der Waals surface area contributed by atoms with Gasteiger partial charge in [-0.3, -0.25) is 4.79 Å². The van der Waals surface area contributed by atoms with Gasteiger partial charge in [0.15, 0.2) is 0 Å². The number of halogens is 1. The number of carbonyl (C=O) groups is 1. The van der Waals surface area contributed by atoms with Crippen molar-refractivity contribution in [3.05, 3.63) is 46.5 Å². The van der Waals surface area contributed by atoms with Crippen LogP contribution in [0.5, 0.6) is 0 Å². The number of hydrogen-bond donors (Lipinski definition) is 2. The molecule has 1 aromatic heterocycles. The number of amides is 1. The van der Waals surface area contributed by atoms with E-state index < -0.39 is 46.9 Å². The minimum Gasteiger partial charge on any atom is -0.407 e. The van der Waals surface area contributed by atoms with Crippen molar-refractivity contribution in [3.8, 4) is 0 Å². The van der Waals surface area contributed by atoms with Gasteiger partial charge in [0.1, 0.15) is 29.5 Å². The molecule has 2 aliphatic carbocycles. The lowest BCUT2D eigenvalue weighted by molar-refractivity contribution is -0.141. The Kier molecular flexibility index (Phi) is 10.4. The van der Waals surface area contributed by atoms with E-state index in [1.54, 1.807) is 17.0 Å². The summed E-state index contributed by atoms with van der Waals surface area (Å²) in [6.07, 6.45) is -0.148. The number of carbonyl (C=O) groups excluding carboxylic acids is 1. The highest BCUT2D eigenvalue weighted by Crippen LogP contribution is 2.59. The predicted octanol–water partition coefficient (Wildman–Crippen LogP) is 8.89. The fraction of sp³-hybridized carbons (Fsp3) is 0.750. The lowest BCUT2D eigenvalue weighted by Crippen LogP contribution is -2.54. The molecule has 0 spiro atoms. The summed E-state index contributed by atoms with van der Waals surface area (Å²) in [5, 5.41) is 24.9. The molecule has 6 atom stereocenters. The maximum atomic E-state index is 15.1. The molecule has 47 heavy (non-hydrogen) atoms. The summed E-state index contributed by atoms with van der Waals surface area (Å²) in [5.74, 6) is -1.71. The number of hydrogen-bond acceptors (Lipinski definition) is 6. The van der Waals surface area contributed by atoms with Crippen LogP contribution in [0, 0.1) is 17.7 Å². The van der Waals surface area contributed by atoms with Gasteiger partial charge in [-0.05, 0) is 75.8 Å². The van der Waals surface area contributed by atoms with E-state index >= 15 is 4.79 Å². The second kappa shape index (κ2) is 13.4. The maximum absolute atomic E-state index is 15.1. The van der Waals surface area contributed by atoms with E-state index in [0.717, 1.165) is 24.0 Å². The number of rotatable bonds is 11. The average Bonchev–Trinajstić information content (AvgIpc) is 3.56. The van der Waals surface area contributed by atoms with Crippen molar-refractivity contribution < 1.29 is 23.1 Å². The fourth-order valence-corrected chi connectivity index (χ4v) is 21.5. The molecule has 2 heterocycles. The molecule has 262 valence electrons. The topological polar surface area (TPSA) is 101 Å². The van der Waals surface area contributed by atoms with Gasteiger partial charge in [0.05, 0.1) is 18.1 Å². The number of aromatic nitrogens is 3. The lowest BCUT2D eigenvalue weighted by Gasteiger charge is -2.50. The van der Waals surface area contributed by atoms with Gasteiger partial charge in [-0.1, -0.05) is 89.2 Å². The minimum absolute atomic E-state index is 0.137. The van der Waals surface area contributed by atoms with Crippen LogP contribution >= 0.6 is 0 Å². The molecular weight excluding hydrogens is 628 g/mol. The van der Waals surface area contributed by atoms with Crippen LogP contribution in [-0.2, 0) is 20.1 Å². The van der Waals surface area contributed by atoms with Crippen LogP contribution in [-0.4, -0.2) is 54.2 Å². The quantitative estimate of drug-likeness (QED) is 0.229. The number of nitrogens with zero attached hydrogens (tertiary/aromatic N) is 3. The molecule has 5 rings (SSSR count). The van der Waals surface area contributed by atoms with Crippen LogP contribution in [0.4, 0.5) is 4.39 Å². The van der Waals surface area contributed by atoms with Crippen LogP contribution in [0.25, 0.3) is 0 Å². The van der Waals surface area contributed by atoms with Gasteiger partial charge >= 0.3 is 0 Å². The number of aliphatic hydroxyl groups excluding tert-OH is 1. The van der Waals surface area contributed by atoms with Gasteiger partial charge in [0, 0.05) is 5.92 Å². The van der Waals surface area contributed by atoms with Gasteiger partial charge < -0.3 is 18.9 Å². The summed E-state index contributed by atoms with van der Waals surface area (Å²) in [7, 11) is -5.04. The number of fused-ring (bicyclic) bond motifs is 3. The van der Waals surface area contributed by atoms with Crippen LogP contribution in [0.15, 0.2) is 18.2 Å². The molecule has 6 unspecified atom stereocenters. The summed E-state index contributed by atoms with van der Waals surface area (Å²) in [5.41, 5.74) is 4.85. The van der Waals surface area contributed by atoms with Gasteiger partial charge in [0.2, 0.25) is 22.5 Å². The van der Waals surface area contributed by atoms with Crippen molar-refractivity contribution in [2.75, 3.05) is 0 Å². The van der Waals surface area contributed by atoms with Crippen molar-refractivity contribution in [1.29, 1.82) is 0 Å². The smallest absolute Gasteiger partial charge is 0.231 e. The van der Waals surface area contributed by atoms with Crippen LogP contribution in [0.2, 0.25) is 33.2 Å². The highest BCUT2D eigenvalue weighted by molar-refractivity contribution is 6.78. The van der Waals surface area contributed by atoms with E-state index in [0.29, 0.717) is 34.4 Å². The normalized spacial score (nSPS) is 26.7. The number of H-pyrrole nitrogens is 1. The molecule has 0 bridgehead atoms. The third kappa shape index (κ3) is 5.69. The first-order valence-corrected chi connectivity index (χ1v) is 22.3. The van der Waals surface area contributed by atoms with Gasteiger partial charge in [-0.2, -0.15) is 15.4 Å². The Morgan fingerprint density at radius 3 is 1.83 bits per heavy atom. The van der Waals surface area contributed by atoms with E-state index in [1.807, 2.05) is 0 Å². The van der Waals surface area contributed by atoms with E-state index in [1.165, 1.54) is 6.07 Å². The second-order valence-electron chi connectivity index (χ2n) is 16.3. The van der Waals surface area contributed by atoms with Crippen LogP contribution < -0.4 is 0 Å². The molecule has 8 nitrogen and oxygen atoms in total. The number of likely N-dealkylation sites (tertiary alicyclic amines) is 1. The Morgan fingerprint density at radius 2 is 1.32 bits per heavy atom. The maximum Gasteiger partial charge on any atom is 0.231 e. The molecule has 0 radical (unpaired) electrons. The average molecular weight is 687 g/mol. The predicted molar refractivity (Wildman–Crippen MR) is 188 cm³/mol. The highest BCUT2D eigenvalue weighted by Gasteiger charge is 2.64. The molecule has 1 saturated heterocycles. The molecule has 0 saturated carbocycles. The fourth-order valence-electron chi connectivity index (χ4n) is 10.4. The summed E-state index contributed by atoms with van der Waals surface area (Å²) >= 11 is 0. The molecule has 1 aromatic carbocycles. The van der Waals surface area contributed by atoms with Crippen LogP contribution in [0.3, 0.4) is 0 Å². The zero-order valence-corrected chi connectivity index (χ0v) is 32.7. The lowest BCUT2D eigenvalue weighted by atomic mass is 9.77. The Hall–Kier alpha value is -1.93. The number of aliphatic hydroxyl groups is 1. The number of aryl methyl sites for hydroxylation is 1. The van der Waals surface area contributed by atoms with E-state index in [4.69, 9.17) is 19.0 Å². The second-order valence-corrected chi connectivity index (χ2v) is 27.1. The Labute approximate surface area is 283 Å². The first kappa shape index (κ1) is 36.4. The number of benzene rings is 1. The largest absolute Gasteiger partial charge is 0.407 e. The number of nitrogens with one attached hydrogen (secondary N) is 1. The third-order valence-corrected chi connectivity index (χ3v) is 24.4. The van der Waals surface area contributed by atoms with E-state index in [-0.39, 0.29) is 34.4 Å². The van der Waals surface area contributed by atoms with Gasteiger partial charge in [0.25, 0.3) is 0 Å². The first-order valence-electron chi connectivity index (χ1n) is 18.1. The zero-order valence-electron chi connectivity index (χ0n) is 30.7. The zero-order chi connectivity index (χ0) is 34.7. The minimum atomic E-state index is -2.52. The summed E-state index contributed by atoms with van der Waals surface area (Å²) in [6.45, 7) is 26.9. The Balaban J connectivity index is 1.71. The van der Waals surface area contributed by atoms with E-state index in [2.05, 4.69) is 88.3 Å². The molecular formula is C36H59FN4O4Si2. The van der Waals surface area contributed by atoms with Crippen molar-refractivity contribution in [2.45, 2.75) is 160 Å². The van der Waals surface area contributed by atoms with Crippen molar-refractivity contribution in [1.82, 2.24) is 20.3 Å². The first-order chi connectivity index (χ1) is 22.0. The Morgan fingerprint density at radius 1 is 0.830 bits per heavy atom. The molecule has 2 N–H and O–H groups in total. The van der Waals surface area contributed by atoms with Crippen molar-refractivity contribution >= 4 is 22.5 Å². The molecule has 2 aromatic rings. The number of aromatic amines is 1. The molecule has 3 aliphatic rings. The van der Waals surface area contributed by atoms with Crippen molar-refractivity contribution in [3.63, 3.8) is 0 Å². The van der Waals surface area contributed by atoms with E-state index in [9.17, 15) is 9.50 Å².